The lowest BCUT2D eigenvalue weighted by Crippen LogP contribution is -2.43. The summed E-state index contributed by atoms with van der Waals surface area (Å²) in [6.45, 7) is 2.41. The molecule has 4 rings (SSSR count). The first-order chi connectivity index (χ1) is 13.9. The smallest absolute Gasteiger partial charge is 0.245 e. The van der Waals surface area contributed by atoms with E-state index in [1.165, 1.54) is 10.4 Å². The highest BCUT2D eigenvalue weighted by Crippen LogP contribution is 2.28. The topological polar surface area (TPSA) is 105 Å². The average Bonchev–Trinajstić information content (AvgIpc) is 3.19. The molecule has 8 nitrogen and oxygen atoms in total. The van der Waals surface area contributed by atoms with Gasteiger partial charge in [-0.15, -0.1) is 0 Å². The second-order valence-corrected chi connectivity index (χ2v) is 9.80. The normalized spacial score (nSPS) is 18.1. The lowest BCUT2D eigenvalue weighted by atomic mass is 9.98. The molecule has 2 aromatic carbocycles. The van der Waals surface area contributed by atoms with Crippen molar-refractivity contribution in [3.63, 3.8) is 0 Å². The first-order valence-electron chi connectivity index (χ1n) is 9.15. The molecule has 1 N–H and O–H groups in total. The minimum atomic E-state index is -3.83. The van der Waals surface area contributed by atoms with E-state index in [0.29, 0.717) is 30.6 Å². The van der Waals surface area contributed by atoms with Gasteiger partial charge in [0, 0.05) is 23.2 Å². The summed E-state index contributed by atoms with van der Waals surface area (Å²) in [5.74, 6) is -0.620. The van der Waals surface area contributed by atoms with Gasteiger partial charge in [-0.1, -0.05) is 22.0 Å². The Morgan fingerprint density at radius 1 is 1.28 bits per heavy atom. The number of halogens is 1. The lowest BCUT2D eigenvalue weighted by molar-refractivity contribution is -0.120. The first-order valence-corrected chi connectivity index (χ1v) is 11.4. The standard InChI is InChI=1S/C19H19BrN4O4S/c1-12-10-14(7-8-15(12)20)21-19(25)13-4-3-9-24(11-13)29(26,27)17-6-2-5-16-18(17)23-28-22-16/h2,5-8,10,13H,3-4,9,11H2,1H3,(H,21,25). The predicted octanol–water partition coefficient (Wildman–Crippen LogP) is 3.33. The van der Waals surface area contributed by atoms with Crippen LogP contribution in [0.15, 0.2) is 50.4 Å². The van der Waals surface area contributed by atoms with E-state index in [0.717, 1.165) is 10.0 Å². The number of aromatic nitrogens is 2. The fraction of sp³-hybridized carbons (Fsp3) is 0.316. The number of carbonyl (C=O) groups is 1. The summed E-state index contributed by atoms with van der Waals surface area (Å²) in [5.41, 5.74) is 2.27. The Balaban J connectivity index is 1.53. The highest BCUT2D eigenvalue weighted by atomic mass is 79.9. The molecule has 0 bridgehead atoms. The van der Waals surface area contributed by atoms with Gasteiger partial charge in [-0.2, -0.15) is 4.31 Å². The van der Waals surface area contributed by atoms with Crippen molar-refractivity contribution in [3.05, 3.63) is 46.4 Å². The van der Waals surface area contributed by atoms with Gasteiger partial charge in [0.1, 0.15) is 10.4 Å². The van der Waals surface area contributed by atoms with Crippen molar-refractivity contribution in [1.82, 2.24) is 14.6 Å². The molecule has 1 fully saturated rings. The van der Waals surface area contributed by atoms with Gasteiger partial charge < -0.3 is 5.32 Å². The van der Waals surface area contributed by atoms with Gasteiger partial charge in [-0.05, 0) is 66.0 Å². The zero-order valence-electron chi connectivity index (χ0n) is 15.6. The summed E-state index contributed by atoms with van der Waals surface area (Å²) >= 11 is 3.44. The van der Waals surface area contributed by atoms with E-state index in [-0.39, 0.29) is 22.9 Å². The molecule has 1 saturated heterocycles. The quantitative estimate of drug-likeness (QED) is 0.616. The maximum Gasteiger partial charge on any atom is 0.245 e. The van der Waals surface area contributed by atoms with Crippen LogP contribution in [0.25, 0.3) is 11.0 Å². The van der Waals surface area contributed by atoms with E-state index in [2.05, 4.69) is 36.2 Å². The molecule has 3 aromatic rings. The van der Waals surface area contributed by atoms with Crippen LogP contribution < -0.4 is 5.32 Å². The van der Waals surface area contributed by atoms with Crippen molar-refractivity contribution in [2.45, 2.75) is 24.7 Å². The molecule has 1 unspecified atom stereocenters. The number of aryl methyl sites for hydroxylation is 1. The molecule has 29 heavy (non-hydrogen) atoms. The summed E-state index contributed by atoms with van der Waals surface area (Å²) in [6, 6.07) is 10.3. The number of fused-ring (bicyclic) bond motifs is 1. The molecular weight excluding hydrogens is 460 g/mol. The van der Waals surface area contributed by atoms with Crippen LogP contribution in [0.5, 0.6) is 0 Å². The van der Waals surface area contributed by atoms with Gasteiger partial charge in [0.2, 0.25) is 15.9 Å². The summed E-state index contributed by atoms with van der Waals surface area (Å²) in [6.07, 6.45) is 1.23. The Kier molecular flexibility index (Phi) is 5.41. The molecule has 0 radical (unpaired) electrons. The fourth-order valence-electron chi connectivity index (χ4n) is 3.47. The minimum Gasteiger partial charge on any atom is -0.326 e. The second kappa shape index (κ2) is 7.85. The third-order valence-electron chi connectivity index (χ3n) is 5.05. The number of benzene rings is 2. The van der Waals surface area contributed by atoms with E-state index in [1.807, 2.05) is 25.1 Å². The van der Waals surface area contributed by atoms with Gasteiger partial charge in [-0.25, -0.2) is 13.0 Å². The predicted molar refractivity (Wildman–Crippen MR) is 111 cm³/mol. The van der Waals surface area contributed by atoms with Crippen LogP contribution >= 0.6 is 15.9 Å². The number of hydrogen-bond donors (Lipinski definition) is 1. The molecule has 2 heterocycles. The second-order valence-electron chi connectivity index (χ2n) is 7.04. The third-order valence-corrected chi connectivity index (χ3v) is 7.83. The molecule has 1 aliphatic heterocycles. The number of amides is 1. The number of piperidine rings is 1. The molecule has 1 atom stereocenters. The molecule has 152 valence electrons. The van der Waals surface area contributed by atoms with Crippen molar-refractivity contribution < 1.29 is 17.8 Å². The largest absolute Gasteiger partial charge is 0.326 e. The zero-order chi connectivity index (χ0) is 20.6. The van der Waals surface area contributed by atoms with Crippen LogP contribution in [0.3, 0.4) is 0 Å². The average molecular weight is 479 g/mol. The van der Waals surface area contributed by atoms with E-state index in [9.17, 15) is 13.2 Å². The van der Waals surface area contributed by atoms with Crippen molar-refractivity contribution in [3.8, 4) is 0 Å². The monoisotopic (exact) mass is 478 g/mol. The number of nitrogens with zero attached hydrogens (tertiary/aromatic N) is 3. The van der Waals surface area contributed by atoms with E-state index < -0.39 is 15.9 Å². The van der Waals surface area contributed by atoms with E-state index in [1.54, 1.807) is 12.1 Å². The molecule has 0 aliphatic carbocycles. The summed E-state index contributed by atoms with van der Waals surface area (Å²) < 4.78 is 33.4. The minimum absolute atomic E-state index is 0.0424. The number of rotatable bonds is 4. The Bertz CT molecular complexity index is 1180. The van der Waals surface area contributed by atoms with Crippen LogP contribution in [0.2, 0.25) is 0 Å². The molecule has 10 heteroatoms. The van der Waals surface area contributed by atoms with Gasteiger partial charge in [0.25, 0.3) is 0 Å². The highest BCUT2D eigenvalue weighted by Gasteiger charge is 2.35. The molecule has 1 aromatic heterocycles. The Labute approximate surface area is 176 Å². The Morgan fingerprint density at radius 3 is 2.90 bits per heavy atom. The van der Waals surface area contributed by atoms with Gasteiger partial charge >= 0.3 is 0 Å². The van der Waals surface area contributed by atoms with E-state index in [4.69, 9.17) is 0 Å². The van der Waals surface area contributed by atoms with Crippen LogP contribution in [-0.2, 0) is 14.8 Å². The van der Waals surface area contributed by atoms with Gasteiger partial charge in [0.05, 0.1) is 5.92 Å². The maximum atomic E-state index is 13.2. The molecule has 0 spiro atoms. The van der Waals surface area contributed by atoms with Crippen molar-refractivity contribution in [1.29, 1.82) is 0 Å². The van der Waals surface area contributed by atoms with Crippen LogP contribution in [-0.4, -0.2) is 42.0 Å². The highest BCUT2D eigenvalue weighted by molar-refractivity contribution is 9.10. The number of anilines is 1. The van der Waals surface area contributed by atoms with Gasteiger partial charge in [-0.3, -0.25) is 4.79 Å². The fourth-order valence-corrected chi connectivity index (χ4v) is 5.38. The lowest BCUT2D eigenvalue weighted by Gasteiger charge is -2.31. The van der Waals surface area contributed by atoms with Crippen molar-refractivity contribution >= 4 is 48.6 Å². The number of nitrogens with one attached hydrogen (secondary N) is 1. The summed E-state index contributed by atoms with van der Waals surface area (Å²) in [5, 5.41) is 10.3. The maximum absolute atomic E-state index is 13.2. The van der Waals surface area contributed by atoms with Crippen LogP contribution in [0.1, 0.15) is 18.4 Å². The van der Waals surface area contributed by atoms with Crippen molar-refractivity contribution in [2.24, 2.45) is 5.92 Å². The Hall–Kier alpha value is -2.30. The Morgan fingerprint density at radius 2 is 2.10 bits per heavy atom. The van der Waals surface area contributed by atoms with Crippen LogP contribution in [0.4, 0.5) is 5.69 Å². The van der Waals surface area contributed by atoms with E-state index >= 15 is 0 Å². The van der Waals surface area contributed by atoms with Gasteiger partial charge in [0.15, 0.2) is 5.52 Å². The molecule has 1 aliphatic rings. The zero-order valence-corrected chi connectivity index (χ0v) is 18.0. The molecular formula is C19H19BrN4O4S. The molecule has 1 amide bonds. The molecule has 0 saturated carbocycles. The van der Waals surface area contributed by atoms with Crippen molar-refractivity contribution in [2.75, 3.05) is 18.4 Å². The first kappa shape index (κ1) is 20.0. The summed E-state index contributed by atoms with van der Waals surface area (Å²) in [7, 11) is -3.83. The SMILES string of the molecule is Cc1cc(NC(=O)C2CCCN(S(=O)(=O)c3cccc4nonc34)C2)ccc1Br. The van der Waals surface area contributed by atoms with Crippen LogP contribution in [0, 0.1) is 12.8 Å². The number of hydrogen-bond acceptors (Lipinski definition) is 6. The third kappa shape index (κ3) is 3.92. The number of sulfonamides is 1. The summed E-state index contributed by atoms with van der Waals surface area (Å²) in [4.78, 5) is 12.8. The number of carbonyl (C=O) groups excluding carboxylic acids is 1.